The van der Waals surface area contributed by atoms with Crippen molar-refractivity contribution in [2.45, 2.75) is 42.4 Å². The van der Waals surface area contributed by atoms with Crippen LogP contribution in [0, 0.1) is 29.6 Å². The molecular weight excluding hydrogens is 418 g/mol. The predicted octanol–water partition coefficient (Wildman–Crippen LogP) is 2.26. The third-order valence-electron chi connectivity index (χ3n) is 5.31. The van der Waals surface area contributed by atoms with Gasteiger partial charge in [0.25, 0.3) is 0 Å². The molecule has 0 aromatic heterocycles. The summed E-state index contributed by atoms with van der Waals surface area (Å²) in [7, 11) is 0. The van der Waals surface area contributed by atoms with Crippen LogP contribution >= 0.6 is 31.9 Å². The zero-order valence-corrected chi connectivity index (χ0v) is 15.6. The van der Waals surface area contributed by atoms with E-state index in [1.165, 1.54) is 0 Å². The number of fused-ring (bicyclic) bond motifs is 5. The van der Waals surface area contributed by atoms with Crippen LogP contribution < -0.4 is 0 Å². The summed E-state index contributed by atoms with van der Waals surface area (Å²) in [6, 6.07) is -1.03. The standard InChI is InChI=1S/C15H19Br2NO4/c1-5(2)3-8(15(21)22)18-13(19)9-6-4-7(10(9)14(18)20)12(17)11(6)16/h5-12H,3-4H2,1-2H3,(H,21,22)/t6-,7-,8-,9-,10+,11+,12+/m1/s1. The van der Waals surface area contributed by atoms with Crippen molar-refractivity contribution in [3.05, 3.63) is 0 Å². The number of carbonyl (C=O) groups excluding carboxylic acids is 2. The molecule has 7 atom stereocenters. The van der Waals surface area contributed by atoms with Crippen LogP contribution in [0.1, 0.15) is 26.7 Å². The fourth-order valence-corrected chi connectivity index (χ4v) is 6.32. The lowest BCUT2D eigenvalue weighted by Gasteiger charge is -2.28. The number of rotatable bonds is 4. The largest absolute Gasteiger partial charge is 0.480 e. The van der Waals surface area contributed by atoms with E-state index >= 15 is 0 Å². The fraction of sp³-hybridized carbons (Fsp3) is 0.800. The molecule has 1 saturated heterocycles. The van der Waals surface area contributed by atoms with Gasteiger partial charge < -0.3 is 5.11 Å². The Balaban J connectivity index is 1.92. The number of hydrogen-bond donors (Lipinski definition) is 1. The van der Waals surface area contributed by atoms with E-state index in [2.05, 4.69) is 31.9 Å². The van der Waals surface area contributed by atoms with Crippen molar-refractivity contribution >= 4 is 49.6 Å². The summed E-state index contributed by atoms with van der Waals surface area (Å²) < 4.78 is 0. The van der Waals surface area contributed by atoms with E-state index in [0.29, 0.717) is 6.42 Å². The lowest BCUT2D eigenvalue weighted by Crippen LogP contribution is -2.47. The molecule has 0 radical (unpaired) electrons. The first-order valence-electron chi connectivity index (χ1n) is 7.63. The molecule has 3 fully saturated rings. The van der Waals surface area contributed by atoms with Gasteiger partial charge in [-0.15, -0.1) is 0 Å². The van der Waals surface area contributed by atoms with Crippen LogP contribution in [0.5, 0.6) is 0 Å². The second-order valence-corrected chi connectivity index (χ2v) is 9.15. The van der Waals surface area contributed by atoms with E-state index in [-0.39, 0.29) is 51.1 Å². The van der Waals surface area contributed by atoms with Crippen LogP contribution in [0.25, 0.3) is 0 Å². The number of halogens is 2. The molecule has 1 aliphatic heterocycles. The molecule has 0 spiro atoms. The van der Waals surface area contributed by atoms with Gasteiger partial charge in [0.2, 0.25) is 11.8 Å². The maximum absolute atomic E-state index is 12.8. The highest BCUT2D eigenvalue weighted by molar-refractivity contribution is 9.12. The van der Waals surface area contributed by atoms with Crippen molar-refractivity contribution in [2.75, 3.05) is 0 Å². The second kappa shape index (κ2) is 5.58. The Kier molecular flexibility index (Phi) is 4.17. The molecule has 22 heavy (non-hydrogen) atoms. The predicted molar refractivity (Wildman–Crippen MR) is 86.7 cm³/mol. The van der Waals surface area contributed by atoms with E-state index in [4.69, 9.17) is 0 Å². The zero-order valence-electron chi connectivity index (χ0n) is 12.4. The van der Waals surface area contributed by atoms with E-state index < -0.39 is 12.0 Å². The Labute approximate surface area is 146 Å². The normalized spacial score (nSPS) is 41.4. The molecule has 2 aliphatic carbocycles. The van der Waals surface area contributed by atoms with Crippen LogP contribution in [-0.4, -0.2) is 43.5 Å². The quantitative estimate of drug-likeness (QED) is 0.541. The van der Waals surface area contributed by atoms with Crippen LogP contribution in [0.4, 0.5) is 0 Å². The van der Waals surface area contributed by atoms with Crippen LogP contribution in [-0.2, 0) is 14.4 Å². The Bertz CT molecular complexity index is 506. The lowest BCUT2D eigenvalue weighted by molar-refractivity contribution is -0.156. The molecule has 2 amide bonds. The molecule has 7 heteroatoms. The molecule has 1 N–H and O–H groups in total. The summed E-state index contributed by atoms with van der Waals surface area (Å²) in [5.74, 6) is -1.99. The monoisotopic (exact) mass is 435 g/mol. The zero-order chi connectivity index (χ0) is 16.3. The van der Waals surface area contributed by atoms with E-state index in [0.717, 1.165) is 11.3 Å². The smallest absolute Gasteiger partial charge is 0.326 e. The number of hydrogen-bond acceptors (Lipinski definition) is 3. The molecule has 1 heterocycles. The molecule has 3 aliphatic rings. The number of imide groups is 1. The molecule has 0 aromatic carbocycles. The van der Waals surface area contributed by atoms with Gasteiger partial charge in [-0.3, -0.25) is 14.5 Å². The van der Waals surface area contributed by atoms with E-state index in [1.807, 2.05) is 13.8 Å². The topological polar surface area (TPSA) is 74.7 Å². The number of carbonyl (C=O) groups is 3. The highest BCUT2D eigenvalue weighted by atomic mass is 79.9. The van der Waals surface area contributed by atoms with Crippen LogP contribution in [0.3, 0.4) is 0 Å². The summed E-state index contributed by atoms with van der Waals surface area (Å²) in [6.07, 6.45) is 1.16. The Morgan fingerprint density at radius 1 is 1.18 bits per heavy atom. The molecule has 0 aromatic rings. The van der Waals surface area contributed by atoms with Gasteiger partial charge in [-0.2, -0.15) is 0 Å². The molecular formula is C15H19Br2NO4. The third-order valence-corrected chi connectivity index (χ3v) is 8.52. The lowest BCUT2D eigenvalue weighted by atomic mass is 9.81. The van der Waals surface area contributed by atoms with Gasteiger partial charge in [-0.25, -0.2) is 4.79 Å². The highest BCUT2D eigenvalue weighted by Gasteiger charge is 2.67. The van der Waals surface area contributed by atoms with E-state index in [9.17, 15) is 19.5 Å². The van der Waals surface area contributed by atoms with Crippen molar-refractivity contribution < 1.29 is 19.5 Å². The van der Waals surface area contributed by atoms with Gasteiger partial charge in [0.05, 0.1) is 11.8 Å². The maximum atomic E-state index is 12.8. The SMILES string of the molecule is CC(C)C[C@H](C(=O)O)N1C(=O)[C@@H]2[C@H]3C[C@@H]([C@H](Br)[C@H]3Br)[C@@H]2C1=O. The van der Waals surface area contributed by atoms with Gasteiger partial charge in [0, 0.05) is 9.65 Å². The van der Waals surface area contributed by atoms with E-state index in [1.54, 1.807) is 0 Å². The van der Waals surface area contributed by atoms with Crippen molar-refractivity contribution in [1.82, 2.24) is 4.90 Å². The number of amides is 2. The van der Waals surface area contributed by atoms with Gasteiger partial charge in [-0.1, -0.05) is 45.7 Å². The number of aliphatic carboxylic acids is 1. The fourth-order valence-electron chi connectivity index (χ4n) is 4.44. The Hall–Kier alpha value is -0.430. The molecule has 5 nitrogen and oxygen atoms in total. The molecule has 2 bridgehead atoms. The molecule has 3 rings (SSSR count). The van der Waals surface area contributed by atoms with Crippen molar-refractivity contribution in [2.24, 2.45) is 29.6 Å². The third kappa shape index (κ3) is 2.19. The minimum Gasteiger partial charge on any atom is -0.480 e. The van der Waals surface area contributed by atoms with Crippen molar-refractivity contribution in [3.63, 3.8) is 0 Å². The summed E-state index contributed by atoms with van der Waals surface area (Å²) in [4.78, 5) is 38.5. The van der Waals surface area contributed by atoms with Gasteiger partial charge in [0.15, 0.2) is 0 Å². The summed E-state index contributed by atoms with van der Waals surface area (Å²) in [5.41, 5.74) is 0. The maximum Gasteiger partial charge on any atom is 0.326 e. The van der Waals surface area contributed by atoms with Gasteiger partial charge in [-0.05, 0) is 30.6 Å². The molecule has 0 unspecified atom stereocenters. The summed E-state index contributed by atoms with van der Waals surface area (Å²) in [5, 5.41) is 9.47. The second-order valence-electron chi connectivity index (χ2n) is 7.03. The average Bonchev–Trinajstić information content (AvgIpc) is 3.02. The number of nitrogens with zero attached hydrogens (tertiary/aromatic N) is 1. The van der Waals surface area contributed by atoms with Crippen LogP contribution in [0.15, 0.2) is 0 Å². The minimum atomic E-state index is -1.09. The summed E-state index contributed by atoms with van der Waals surface area (Å²) >= 11 is 7.25. The number of carboxylic acid groups (broad SMARTS) is 1. The number of likely N-dealkylation sites (tertiary alicyclic amines) is 1. The van der Waals surface area contributed by atoms with Crippen molar-refractivity contribution in [3.8, 4) is 0 Å². The Morgan fingerprint density at radius 2 is 1.64 bits per heavy atom. The first kappa shape index (κ1) is 16.4. The summed E-state index contributed by atoms with van der Waals surface area (Å²) in [6.45, 7) is 3.79. The Morgan fingerprint density at radius 3 is 2.00 bits per heavy atom. The average molecular weight is 437 g/mol. The van der Waals surface area contributed by atoms with Gasteiger partial charge in [0.1, 0.15) is 6.04 Å². The van der Waals surface area contributed by atoms with Crippen molar-refractivity contribution in [1.29, 1.82) is 0 Å². The van der Waals surface area contributed by atoms with Crippen LogP contribution in [0.2, 0.25) is 0 Å². The first-order chi connectivity index (χ1) is 10.3. The number of carboxylic acids is 1. The molecule has 2 saturated carbocycles. The first-order valence-corrected chi connectivity index (χ1v) is 9.46. The highest BCUT2D eigenvalue weighted by Crippen LogP contribution is 2.60. The minimum absolute atomic E-state index is 0.103. The molecule has 122 valence electrons. The number of alkyl halides is 2. The van der Waals surface area contributed by atoms with Gasteiger partial charge >= 0.3 is 5.97 Å².